The number of rotatable bonds is 18. The van der Waals surface area contributed by atoms with Gasteiger partial charge in [-0.1, -0.05) is 38.1 Å². The summed E-state index contributed by atoms with van der Waals surface area (Å²) >= 11 is 0.250. The molecule has 1 aromatic carbocycles. The molecule has 3 fully saturated rings. The maximum Gasteiger partial charge on any atom is 0.410 e. The number of fused-ring (bicyclic) bond motifs is 1. The number of unbranched alkanes of at least 4 members (excludes halogenated alkanes) is 1. The summed E-state index contributed by atoms with van der Waals surface area (Å²) in [5.41, 5.74) is 4.75. The van der Waals surface area contributed by atoms with Crippen molar-refractivity contribution in [1.82, 2.24) is 35.4 Å². The van der Waals surface area contributed by atoms with Crippen LogP contribution in [0, 0.1) is 17.8 Å². The smallest absolute Gasteiger partial charge is 0.410 e. The Morgan fingerprint density at radius 2 is 1.79 bits per heavy atom. The first-order valence-corrected chi connectivity index (χ1v) is 27.8. The number of carbonyl (C=O) groups is 5. The standard InChI is InChI=1S/C53H86N8O12.CH3FS/c1-15-42-53(11)45(61(50(67)73-53)24-17-16-23-60-30-40(57-58-60)36-19-18-20-37(54)27-36)38(21-22-55-39(25-32(3)62)48(66)72-51(7,8)9)56-29-31(2)28-52(10,68-14)46(34(5)43(63)35(6)47(65)70-42)71-49-44(64)41(59(12)13)26-33(4)69-49;1-3-2/h18-20,27,30-31,33-35,38-39,41-42,44-46,49,55-56,64H,15-17,21-26,28-29,54H2,1-14H3;1H3/t31-,33?,34+,35-,38-,39-,41?,42-,44?,45-,46-,49+,52-,53-;/m1./s1. The highest BCUT2D eigenvalue weighted by Crippen LogP contribution is 2.41. The predicted octanol–water partition coefficient (Wildman–Crippen LogP) is 6.17. The lowest BCUT2D eigenvalue weighted by molar-refractivity contribution is -0.295. The molecule has 0 bridgehead atoms. The third-order valence-corrected chi connectivity index (χ3v) is 14.7. The van der Waals surface area contributed by atoms with Crippen LogP contribution in [-0.4, -0.2) is 178 Å². The van der Waals surface area contributed by atoms with Crippen molar-refractivity contribution in [1.29, 1.82) is 0 Å². The number of hydrogen-bond acceptors (Lipinski definition) is 19. The molecular formula is C54H89FN8O12S. The van der Waals surface area contributed by atoms with Crippen LogP contribution in [0.1, 0.15) is 121 Å². The van der Waals surface area contributed by atoms with Gasteiger partial charge in [0.25, 0.3) is 0 Å². The topological polar surface area (TPSA) is 248 Å². The Balaban J connectivity index is 0.00000406. The molecule has 2 aromatic rings. The SMILES string of the molecule is CC[C@H]1OC(=O)[C@H](C)C(=O)[C@H](C)[C@@H](O[C@@H]2OC(C)CC(N(C)C)C2O)[C@](C)(OC)C[C@@H](C)CN[C@H](CCN[C@H](CC(C)=O)C(=O)OC(C)(C)C)[C@H]2N(CCCCn3cc(-c4cccc(N)c4)nn3)C(=O)O[C@]12C.CSF. The molecule has 20 nitrogen and oxygen atoms in total. The van der Waals surface area contributed by atoms with E-state index >= 15 is 0 Å². The van der Waals surface area contributed by atoms with Crippen LogP contribution >= 0.6 is 12.1 Å². The van der Waals surface area contributed by atoms with Gasteiger partial charge < -0.3 is 54.8 Å². The largest absolute Gasteiger partial charge is 0.459 e. The number of likely N-dealkylation sites (N-methyl/N-ethyl adjacent to an activating group) is 1. The summed E-state index contributed by atoms with van der Waals surface area (Å²) < 4.78 is 49.8. The molecule has 3 saturated heterocycles. The molecule has 5 rings (SSSR count). The molecule has 3 aliphatic heterocycles. The fraction of sp³-hybridized carbons (Fsp3) is 0.759. The normalized spacial score (nSPS) is 31.3. The molecule has 76 heavy (non-hydrogen) atoms. The van der Waals surface area contributed by atoms with Gasteiger partial charge in [-0.3, -0.25) is 28.8 Å². The third kappa shape index (κ3) is 17.1. The number of aryl methyl sites for hydroxylation is 1. The summed E-state index contributed by atoms with van der Waals surface area (Å²) in [6, 6.07) is 4.87. The van der Waals surface area contributed by atoms with E-state index in [2.05, 4.69) is 20.9 Å². The van der Waals surface area contributed by atoms with Crippen molar-refractivity contribution in [2.75, 3.05) is 52.8 Å². The van der Waals surface area contributed by atoms with E-state index in [1.165, 1.54) is 20.1 Å². The third-order valence-electron chi connectivity index (χ3n) is 14.7. The van der Waals surface area contributed by atoms with E-state index in [0.717, 1.165) is 5.56 Å². The first-order chi connectivity index (χ1) is 35.6. The van der Waals surface area contributed by atoms with Gasteiger partial charge in [0, 0.05) is 74.3 Å². The van der Waals surface area contributed by atoms with Crippen LogP contribution in [0.5, 0.6) is 0 Å². The Morgan fingerprint density at radius 3 is 2.39 bits per heavy atom. The van der Waals surface area contributed by atoms with E-state index in [1.807, 2.05) is 71.1 Å². The van der Waals surface area contributed by atoms with E-state index in [1.54, 1.807) is 57.4 Å². The van der Waals surface area contributed by atoms with Gasteiger partial charge in [0.15, 0.2) is 17.7 Å². The van der Waals surface area contributed by atoms with Crippen molar-refractivity contribution in [2.24, 2.45) is 17.8 Å². The highest BCUT2D eigenvalue weighted by Gasteiger charge is 2.59. The van der Waals surface area contributed by atoms with Crippen molar-refractivity contribution in [3.8, 4) is 11.3 Å². The number of carbonyl (C=O) groups excluding carboxylic acids is 5. The second-order valence-corrected chi connectivity index (χ2v) is 22.8. The number of methoxy groups -OCH3 is 1. The number of Topliss-reactive ketones (excluding diaryl/α,β-unsaturated/α-hetero) is 2. The molecule has 4 heterocycles. The van der Waals surface area contributed by atoms with E-state index in [4.69, 9.17) is 34.2 Å². The summed E-state index contributed by atoms with van der Waals surface area (Å²) in [6.45, 7) is 20.7. The van der Waals surface area contributed by atoms with Gasteiger partial charge in [0.05, 0.1) is 30.0 Å². The Hall–Kier alpha value is -4.29. The number of hydrogen-bond donors (Lipinski definition) is 4. The number of esters is 2. The lowest BCUT2D eigenvalue weighted by Crippen LogP contribution is -2.62. The first-order valence-electron chi connectivity index (χ1n) is 26.7. The molecule has 5 N–H and O–H groups in total. The minimum Gasteiger partial charge on any atom is -0.459 e. The number of ether oxygens (including phenoxy) is 6. The van der Waals surface area contributed by atoms with Crippen LogP contribution in [0.15, 0.2) is 30.5 Å². The molecule has 430 valence electrons. The van der Waals surface area contributed by atoms with Crippen molar-refractivity contribution in [3.05, 3.63) is 30.5 Å². The van der Waals surface area contributed by atoms with E-state index in [-0.39, 0.29) is 61.9 Å². The number of nitrogens with two attached hydrogens (primary N) is 1. The lowest BCUT2D eigenvalue weighted by atomic mass is 9.78. The van der Waals surface area contributed by atoms with E-state index < -0.39 is 95.2 Å². The number of anilines is 1. The van der Waals surface area contributed by atoms with Gasteiger partial charge >= 0.3 is 18.0 Å². The van der Waals surface area contributed by atoms with Gasteiger partial charge in [-0.15, -0.1) is 5.10 Å². The maximum atomic E-state index is 14.7. The summed E-state index contributed by atoms with van der Waals surface area (Å²) in [5, 5.41) is 27.4. The van der Waals surface area contributed by atoms with Crippen LogP contribution < -0.4 is 16.4 Å². The van der Waals surface area contributed by atoms with Gasteiger partial charge in [-0.05, 0) is 139 Å². The second kappa shape index (κ2) is 28.5. The zero-order chi connectivity index (χ0) is 56.9. The van der Waals surface area contributed by atoms with E-state index in [0.29, 0.717) is 56.6 Å². The number of cyclic esters (lactones) is 1. The molecule has 0 aliphatic carbocycles. The molecule has 14 atom stereocenters. The first kappa shape index (κ1) is 64.2. The van der Waals surface area contributed by atoms with Crippen molar-refractivity contribution in [3.63, 3.8) is 0 Å². The zero-order valence-corrected chi connectivity index (χ0v) is 48.4. The van der Waals surface area contributed by atoms with Gasteiger partial charge in [0.1, 0.15) is 41.2 Å². The summed E-state index contributed by atoms with van der Waals surface area (Å²) in [6.07, 6.45) is 0.713. The average molecular weight is 1090 g/mol. The summed E-state index contributed by atoms with van der Waals surface area (Å²) in [5.74, 6) is -4.40. The summed E-state index contributed by atoms with van der Waals surface area (Å²) in [4.78, 5) is 73.1. The number of nitrogen functional groups attached to an aromatic ring is 1. The molecule has 22 heteroatoms. The molecule has 3 aliphatic rings. The second-order valence-electron chi connectivity index (χ2n) is 22.5. The average Bonchev–Trinajstić information content (AvgIpc) is 3.92. The number of aliphatic hydroxyl groups is 1. The van der Waals surface area contributed by atoms with Gasteiger partial charge in [-0.2, -0.15) is 3.89 Å². The minimum absolute atomic E-state index is 0.0920. The number of nitrogens with one attached hydrogen (secondary N) is 2. The molecule has 0 spiro atoms. The number of nitrogens with zero attached hydrogens (tertiary/aromatic N) is 5. The van der Waals surface area contributed by atoms with Crippen LogP contribution in [-0.2, 0) is 54.1 Å². The number of halogens is 1. The van der Waals surface area contributed by atoms with Crippen LogP contribution in [0.4, 0.5) is 14.4 Å². The molecule has 0 saturated carbocycles. The number of aliphatic hydroxyl groups excluding tert-OH is 1. The van der Waals surface area contributed by atoms with Crippen molar-refractivity contribution in [2.45, 2.75) is 199 Å². The Kier molecular flexibility index (Phi) is 24.1. The fourth-order valence-electron chi connectivity index (χ4n) is 10.8. The molecule has 3 unspecified atom stereocenters. The van der Waals surface area contributed by atoms with Crippen molar-refractivity contribution >= 4 is 47.4 Å². The molecule has 1 aromatic heterocycles. The monoisotopic (exact) mass is 1090 g/mol. The van der Waals surface area contributed by atoms with E-state index in [9.17, 15) is 33.0 Å². The predicted molar refractivity (Wildman–Crippen MR) is 288 cm³/mol. The van der Waals surface area contributed by atoms with Gasteiger partial charge in [-0.25, -0.2) is 4.79 Å². The van der Waals surface area contributed by atoms with Gasteiger partial charge in [0.2, 0.25) is 0 Å². The Labute approximate surface area is 454 Å². The Bertz CT molecular complexity index is 2220. The Morgan fingerprint density at radius 1 is 1.12 bits per heavy atom. The number of ketones is 2. The van der Waals surface area contributed by atoms with Crippen molar-refractivity contribution < 1.29 is 61.4 Å². The highest BCUT2D eigenvalue weighted by molar-refractivity contribution is 7.93. The number of amides is 1. The maximum absolute atomic E-state index is 14.7. The van der Waals surface area contributed by atoms with Crippen LogP contribution in [0.2, 0.25) is 0 Å². The number of benzene rings is 1. The highest BCUT2D eigenvalue weighted by atomic mass is 32.2. The lowest BCUT2D eigenvalue weighted by Gasteiger charge is -2.46. The number of aromatic nitrogens is 3. The minimum atomic E-state index is -1.44. The molecule has 0 radical (unpaired) electrons. The van der Waals surface area contributed by atoms with Crippen LogP contribution in [0.25, 0.3) is 11.3 Å². The molecule has 1 amide bonds. The molecular weight excluding hydrogens is 1000 g/mol. The fourth-order valence-corrected chi connectivity index (χ4v) is 10.8. The summed E-state index contributed by atoms with van der Waals surface area (Å²) in [7, 11) is 5.32. The van der Waals surface area contributed by atoms with Crippen LogP contribution in [0.3, 0.4) is 0 Å². The zero-order valence-electron chi connectivity index (χ0n) is 47.6. The quantitative estimate of drug-likeness (QED) is 0.0429.